The van der Waals surface area contributed by atoms with Gasteiger partial charge in [0.05, 0.1) is 17.8 Å². The van der Waals surface area contributed by atoms with E-state index in [-0.39, 0.29) is 18.0 Å². The molecule has 10 heteroatoms. The highest BCUT2D eigenvalue weighted by Crippen LogP contribution is 2.29. The number of nitrogens with zero attached hydrogens (tertiary/aromatic N) is 4. The van der Waals surface area contributed by atoms with Gasteiger partial charge >= 0.3 is 6.09 Å². The normalized spacial score (nSPS) is 16.4. The van der Waals surface area contributed by atoms with Crippen LogP contribution >= 0.6 is 0 Å². The van der Waals surface area contributed by atoms with E-state index in [1.54, 1.807) is 13.1 Å². The molecule has 0 radical (unpaired) electrons. The maximum atomic E-state index is 12.2. The summed E-state index contributed by atoms with van der Waals surface area (Å²) in [5.74, 6) is 2.16. The first-order valence-electron chi connectivity index (χ1n) is 12.5. The highest BCUT2D eigenvalue weighted by molar-refractivity contribution is 5.91. The number of pyridine rings is 1. The van der Waals surface area contributed by atoms with Gasteiger partial charge in [-0.15, -0.1) is 0 Å². The molecule has 0 unspecified atom stereocenters. The van der Waals surface area contributed by atoms with Gasteiger partial charge in [0.2, 0.25) is 5.91 Å². The lowest BCUT2D eigenvalue weighted by atomic mass is 10.1. The quantitative estimate of drug-likeness (QED) is 0.446. The van der Waals surface area contributed by atoms with E-state index in [1.807, 2.05) is 65.0 Å². The van der Waals surface area contributed by atoms with E-state index in [4.69, 9.17) is 4.74 Å². The molecule has 3 aromatic rings. The molecular weight excluding hydrogens is 470 g/mol. The molecule has 0 bridgehead atoms. The number of carbonyl (C=O) groups is 2. The second-order valence-corrected chi connectivity index (χ2v) is 10.4. The van der Waals surface area contributed by atoms with E-state index in [9.17, 15) is 9.59 Å². The first-order valence-corrected chi connectivity index (χ1v) is 12.5. The summed E-state index contributed by atoms with van der Waals surface area (Å²) in [7, 11) is 0. The Balaban J connectivity index is 1.54. The van der Waals surface area contributed by atoms with Gasteiger partial charge in [-0.2, -0.15) is 0 Å². The number of rotatable bonds is 6. The monoisotopic (exact) mass is 505 g/mol. The largest absolute Gasteiger partial charge is 0.444 e. The van der Waals surface area contributed by atoms with E-state index in [2.05, 4.69) is 35.8 Å². The molecule has 0 saturated carbocycles. The van der Waals surface area contributed by atoms with E-state index >= 15 is 0 Å². The van der Waals surface area contributed by atoms with Crippen LogP contribution in [0, 0.1) is 6.92 Å². The minimum Gasteiger partial charge on any atom is -0.444 e. The lowest BCUT2D eigenvalue weighted by Crippen LogP contribution is -2.35. The Morgan fingerprint density at radius 3 is 2.70 bits per heavy atom. The van der Waals surface area contributed by atoms with Crippen molar-refractivity contribution in [3.8, 4) is 0 Å². The van der Waals surface area contributed by atoms with Gasteiger partial charge in [0.1, 0.15) is 23.1 Å². The number of hydrogen-bond acceptors (Lipinski definition) is 8. The molecule has 2 amide bonds. The molecule has 0 aliphatic carbocycles. The molecule has 37 heavy (non-hydrogen) atoms. The minimum absolute atomic E-state index is 0.0203. The number of hydrogen-bond donors (Lipinski definition) is 3. The average Bonchev–Trinajstić information content (AvgIpc) is 3.25. The number of aromatic nitrogens is 3. The molecule has 2 atom stereocenters. The molecule has 3 N–H and O–H groups in total. The Bertz CT molecular complexity index is 1300. The van der Waals surface area contributed by atoms with Crippen LogP contribution in [0.2, 0.25) is 0 Å². The van der Waals surface area contributed by atoms with Crippen LogP contribution in [-0.2, 0) is 9.53 Å². The average molecular weight is 506 g/mol. The summed E-state index contributed by atoms with van der Waals surface area (Å²) in [6.45, 7) is 12.4. The van der Waals surface area contributed by atoms with Gasteiger partial charge in [0, 0.05) is 37.1 Å². The van der Waals surface area contributed by atoms with Crippen molar-refractivity contribution >= 4 is 40.2 Å². The Morgan fingerprint density at radius 2 is 1.97 bits per heavy atom. The SMILES string of the molecule is CC(=O)N[C@@H]1CCN(c2cc3c(N[C@H](C)c4cccc(NC(=O)OC(C)(C)C)c4)nc(C)nc3cn2)C1. The molecule has 1 aromatic carbocycles. The molecule has 2 aromatic heterocycles. The predicted molar refractivity (Wildman–Crippen MR) is 145 cm³/mol. The fourth-order valence-corrected chi connectivity index (χ4v) is 4.39. The predicted octanol–water partition coefficient (Wildman–Crippen LogP) is 4.57. The standard InChI is InChI=1S/C27H35N7O3/c1-16(19-8-7-9-20(12-19)33-26(36)37-27(4,5)6)29-25-22-13-24(28-14-23(22)30-17(2)31-25)34-11-10-21(15-34)32-18(3)35/h7-9,12-14,16,21H,10-11,15H2,1-6H3,(H,32,35)(H,33,36)(H,29,30,31)/t16-,21-/m1/s1. The van der Waals surface area contributed by atoms with Crippen LogP contribution in [0.3, 0.4) is 0 Å². The number of amides is 2. The second kappa shape index (κ2) is 10.6. The van der Waals surface area contributed by atoms with Crippen molar-refractivity contribution in [1.29, 1.82) is 0 Å². The Hall–Kier alpha value is -3.95. The molecular formula is C27H35N7O3. The van der Waals surface area contributed by atoms with E-state index < -0.39 is 11.7 Å². The van der Waals surface area contributed by atoms with Crippen molar-refractivity contribution in [2.45, 2.75) is 65.6 Å². The molecule has 1 saturated heterocycles. The number of ether oxygens (including phenoxy) is 1. The zero-order chi connectivity index (χ0) is 26.7. The smallest absolute Gasteiger partial charge is 0.412 e. The molecule has 0 spiro atoms. The Kier molecular flexibility index (Phi) is 7.47. The summed E-state index contributed by atoms with van der Waals surface area (Å²) in [4.78, 5) is 39.7. The lowest BCUT2D eigenvalue weighted by Gasteiger charge is -2.21. The third-order valence-electron chi connectivity index (χ3n) is 5.98. The zero-order valence-electron chi connectivity index (χ0n) is 22.3. The van der Waals surface area contributed by atoms with Gasteiger partial charge in [-0.3, -0.25) is 10.1 Å². The van der Waals surface area contributed by atoms with Gasteiger partial charge in [-0.25, -0.2) is 19.7 Å². The maximum Gasteiger partial charge on any atom is 0.412 e. The van der Waals surface area contributed by atoms with Crippen molar-refractivity contribution in [3.63, 3.8) is 0 Å². The van der Waals surface area contributed by atoms with E-state index in [1.165, 1.54) is 0 Å². The number of anilines is 3. The maximum absolute atomic E-state index is 12.2. The number of fused-ring (bicyclic) bond motifs is 1. The highest BCUT2D eigenvalue weighted by atomic mass is 16.6. The second-order valence-electron chi connectivity index (χ2n) is 10.4. The van der Waals surface area contributed by atoms with Crippen LogP contribution in [0.4, 0.5) is 22.1 Å². The van der Waals surface area contributed by atoms with Crippen molar-refractivity contribution < 1.29 is 14.3 Å². The molecule has 10 nitrogen and oxygen atoms in total. The van der Waals surface area contributed by atoms with Crippen LogP contribution < -0.4 is 20.9 Å². The third kappa shape index (κ3) is 6.84. The third-order valence-corrected chi connectivity index (χ3v) is 5.98. The van der Waals surface area contributed by atoms with E-state index in [0.717, 1.165) is 35.2 Å². The lowest BCUT2D eigenvalue weighted by molar-refractivity contribution is -0.119. The van der Waals surface area contributed by atoms with Crippen LogP contribution in [0.15, 0.2) is 36.5 Å². The van der Waals surface area contributed by atoms with Crippen molar-refractivity contribution in [2.24, 2.45) is 0 Å². The van der Waals surface area contributed by atoms with Gasteiger partial charge in [0.25, 0.3) is 0 Å². The van der Waals surface area contributed by atoms with Crippen molar-refractivity contribution in [3.05, 3.63) is 47.9 Å². The minimum atomic E-state index is -0.573. The number of benzene rings is 1. The van der Waals surface area contributed by atoms with Crippen LogP contribution in [-0.4, -0.2) is 51.7 Å². The molecule has 1 aliphatic rings. The zero-order valence-corrected chi connectivity index (χ0v) is 22.3. The van der Waals surface area contributed by atoms with Crippen molar-refractivity contribution in [1.82, 2.24) is 20.3 Å². The molecule has 196 valence electrons. The first-order chi connectivity index (χ1) is 17.5. The molecule has 1 fully saturated rings. The topological polar surface area (TPSA) is 121 Å². The fourth-order valence-electron chi connectivity index (χ4n) is 4.39. The van der Waals surface area contributed by atoms with Gasteiger partial charge in [-0.05, 0) is 64.8 Å². The number of aryl methyl sites for hydroxylation is 1. The Labute approximate surface area is 217 Å². The summed E-state index contributed by atoms with van der Waals surface area (Å²) in [6.07, 6.45) is 2.15. The Morgan fingerprint density at radius 1 is 1.19 bits per heavy atom. The summed E-state index contributed by atoms with van der Waals surface area (Å²) < 4.78 is 5.36. The summed E-state index contributed by atoms with van der Waals surface area (Å²) in [6, 6.07) is 9.64. The van der Waals surface area contributed by atoms with Crippen LogP contribution in [0.25, 0.3) is 10.9 Å². The summed E-state index contributed by atoms with van der Waals surface area (Å²) >= 11 is 0. The first kappa shape index (κ1) is 26.1. The summed E-state index contributed by atoms with van der Waals surface area (Å²) in [5, 5.41) is 10.2. The number of carbonyl (C=O) groups excluding carboxylic acids is 2. The van der Waals surface area contributed by atoms with E-state index in [0.29, 0.717) is 23.9 Å². The summed E-state index contributed by atoms with van der Waals surface area (Å²) in [5.41, 5.74) is 1.81. The van der Waals surface area contributed by atoms with Crippen molar-refractivity contribution in [2.75, 3.05) is 28.6 Å². The van der Waals surface area contributed by atoms with Gasteiger partial charge in [-0.1, -0.05) is 12.1 Å². The van der Waals surface area contributed by atoms with Gasteiger partial charge in [0.15, 0.2) is 0 Å². The van der Waals surface area contributed by atoms with Crippen LogP contribution in [0.1, 0.15) is 58.5 Å². The highest BCUT2D eigenvalue weighted by Gasteiger charge is 2.25. The molecule has 3 heterocycles. The fraction of sp³-hybridized carbons (Fsp3) is 0.444. The van der Waals surface area contributed by atoms with Gasteiger partial charge < -0.3 is 20.3 Å². The molecule has 1 aliphatic heterocycles. The molecule has 4 rings (SSSR count). The van der Waals surface area contributed by atoms with Crippen LogP contribution in [0.5, 0.6) is 0 Å². The number of nitrogens with one attached hydrogen (secondary N) is 3.